The van der Waals surface area contributed by atoms with Gasteiger partial charge >= 0.3 is 0 Å². The van der Waals surface area contributed by atoms with Gasteiger partial charge in [0.25, 0.3) is 0 Å². The van der Waals surface area contributed by atoms with Crippen LogP contribution in [0.5, 0.6) is 0 Å². The average Bonchev–Trinajstić information content (AvgIpc) is 2.34. The summed E-state index contributed by atoms with van der Waals surface area (Å²) in [6, 6.07) is 6.34. The van der Waals surface area contributed by atoms with E-state index in [1.807, 2.05) is 6.07 Å². The molecule has 1 aromatic carbocycles. The van der Waals surface area contributed by atoms with Crippen LogP contribution in [0.15, 0.2) is 18.2 Å². The lowest BCUT2D eigenvalue weighted by Crippen LogP contribution is -2.17. The summed E-state index contributed by atoms with van der Waals surface area (Å²) in [4.78, 5) is 0. The van der Waals surface area contributed by atoms with Gasteiger partial charge in [-0.2, -0.15) is 0 Å². The minimum Gasteiger partial charge on any atom is -0.324 e. The van der Waals surface area contributed by atoms with E-state index in [0.717, 1.165) is 20.9 Å². The molecule has 0 amide bonds. The number of benzene rings is 1. The monoisotopic (exact) mass is 363 g/mol. The third-order valence-electron chi connectivity index (χ3n) is 3.68. The lowest BCUT2D eigenvalue weighted by atomic mass is 9.83. The lowest BCUT2D eigenvalue weighted by Gasteiger charge is -2.24. The first-order chi connectivity index (χ1) is 8.16. The number of halogens is 2. The van der Waals surface area contributed by atoms with E-state index in [2.05, 4.69) is 34.7 Å². The van der Waals surface area contributed by atoms with Crippen molar-refractivity contribution in [3.05, 3.63) is 32.4 Å². The third-order valence-corrected chi connectivity index (χ3v) is 5.26. The van der Waals surface area contributed by atoms with Gasteiger partial charge in [-0.15, -0.1) is 0 Å². The molecule has 1 aromatic rings. The van der Waals surface area contributed by atoms with Gasteiger partial charge in [0.1, 0.15) is 0 Å². The van der Waals surface area contributed by atoms with Gasteiger partial charge in [-0.3, -0.25) is 0 Å². The van der Waals surface area contributed by atoms with E-state index in [0.29, 0.717) is 0 Å². The molecule has 0 saturated heterocycles. The van der Waals surface area contributed by atoms with Crippen LogP contribution in [0.4, 0.5) is 0 Å². The Kier molecular flexibility index (Phi) is 5.12. The van der Waals surface area contributed by atoms with Crippen LogP contribution in [-0.2, 0) is 0 Å². The molecule has 1 fully saturated rings. The van der Waals surface area contributed by atoms with Crippen LogP contribution in [0.2, 0.25) is 5.02 Å². The molecule has 0 aromatic heterocycles. The van der Waals surface area contributed by atoms with E-state index in [1.54, 1.807) is 0 Å². The maximum atomic E-state index is 6.28. The molecular weight excluding hydrogens is 345 g/mol. The van der Waals surface area contributed by atoms with Gasteiger partial charge in [0.05, 0.1) is 5.02 Å². The van der Waals surface area contributed by atoms with Gasteiger partial charge < -0.3 is 5.73 Å². The summed E-state index contributed by atoms with van der Waals surface area (Å²) in [7, 11) is 0. The Hall–Kier alpha value is 0.200. The Bertz CT molecular complexity index is 374. The highest BCUT2D eigenvalue weighted by atomic mass is 127. The molecule has 3 heteroatoms. The SMILES string of the molecule is NC(CC1CCCCC1)c1ccc(I)c(Cl)c1. The minimum absolute atomic E-state index is 0.146. The fourth-order valence-electron chi connectivity index (χ4n) is 2.66. The van der Waals surface area contributed by atoms with Crippen LogP contribution < -0.4 is 5.73 Å². The normalized spacial score (nSPS) is 19.2. The summed E-state index contributed by atoms with van der Waals surface area (Å²) in [6.07, 6.45) is 7.98. The highest BCUT2D eigenvalue weighted by molar-refractivity contribution is 14.1. The second-order valence-corrected chi connectivity index (χ2v) is 6.59. The van der Waals surface area contributed by atoms with Gasteiger partial charge in [0.15, 0.2) is 0 Å². The van der Waals surface area contributed by atoms with Crippen molar-refractivity contribution >= 4 is 34.2 Å². The summed E-state index contributed by atoms with van der Waals surface area (Å²) in [6.45, 7) is 0. The van der Waals surface area contributed by atoms with Crippen molar-refractivity contribution in [1.29, 1.82) is 0 Å². The molecule has 0 heterocycles. The number of hydrogen-bond acceptors (Lipinski definition) is 1. The van der Waals surface area contributed by atoms with E-state index in [4.69, 9.17) is 17.3 Å². The van der Waals surface area contributed by atoms with Crippen LogP contribution in [-0.4, -0.2) is 0 Å². The summed E-state index contributed by atoms with van der Waals surface area (Å²) >= 11 is 8.38. The predicted octanol–water partition coefficient (Wildman–Crippen LogP) is 4.91. The van der Waals surface area contributed by atoms with Crippen molar-refractivity contribution in [2.24, 2.45) is 11.7 Å². The Labute approximate surface area is 122 Å². The maximum absolute atomic E-state index is 6.28. The summed E-state index contributed by atoms with van der Waals surface area (Å²) < 4.78 is 1.10. The minimum atomic E-state index is 0.146. The molecular formula is C14H19ClIN. The first-order valence-electron chi connectivity index (χ1n) is 6.37. The zero-order valence-electron chi connectivity index (χ0n) is 9.96. The van der Waals surface area contributed by atoms with Crippen molar-refractivity contribution in [3.8, 4) is 0 Å². The zero-order valence-corrected chi connectivity index (χ0v) is 12.9. The maximum Gasteiger partial charge on any atom is 0.0542 e. The highest BCUT2D eigenvalue weighted by Gasteiger charge is 2.18. The van der Waals surface area contributed by atoms with Crippen LogP contribution in [0.3, 0.4) is 0 Å². The quantitative estimate of drug-likeness (QED) is 0.758. The lowest BCUT2D eigenvalue weighted by molar-refractivity contribution is 0.319. The number of rotatable bonds is 3. The third kappa shape index (κ3) is 3.83. The molecule has 1 saturated carbocycles. The standard InChI is InChI=1S/C14H19ClIN/c15-12-9-11(6-7-13(12)16)14(17)8-10-4-2-1-3-5-10/h6-7,9-10,14H,1-5,8,17H2. The van der Waals surface area contributed by atoms with Crippen LogP contribution in [0.1, 0.15) is 50.1 Å². The van der Waals surface area contributed by atoms with Crippen molar-refractivity contribution in [2.75, 3.05) is 0 Å². The molecule has 1 nitrogen and oxygen atoms in total. The molecule has 2 rings (SSSR count). The second-order valence-electron chi connectivity index (χ2n) is 5.02. The van der Waals surface area contributed by atoms with Crippen molar-refractivity contribution in [3.63, 3.8) is 0 Å². The smallest absolute Gasteiger partial charge is 0.0542 e. The predicted molar refractivity (Wildman–Crippen MR) is 82.3 cm³/mol. The Morgan fingerprint density at radius 2 is 2.00 bits per heavy atom. The van der Waals surface area contributed by atoms with Crippen LogP contribution >= 0.6 is 34.2 Å². The topological polar surface area (TPSA) is 26.0 Å². The number of nitrogens with two attached hydrogens (primary N) is 1. The highest BCUT2D eigenvalue weighted by Crippen LogP contribution is 2.32. The second kappa shape index (κ2) is 6.39. The number of hydrogen-bond donors (Lipinski definition) is 1. The molecule has 1 atom stereocenters. The van der Waals surface area contributed by atoms with E-state index < -0.39 is 0 Å². The molecule has 1 aliphatic rings. The van der Waals surface area contributed by atoms with E-state index >= 15 is 0 Å². The average molecular weight is 364 g/mol. The molecule has 94 valence electrons. The van der Waals surface area contributed by atoms with Crippen LogP contribution in [0, 0.1) is 9.49 Å². The van der Waals surface area contributed by atoms with Gasteiger partial charge in [0.2, 0.25) is 0 Å². The Morgan fingerprint density at radius 3 is 2.65 bits per heavy atom. The molecule has 1 aliphatic carbocycles. The molecule has 1 unspecified atom stereocenters. The van der Waals surface area contributed by atoms with E-state index in [1.165, 1.54) is 37.7 Å². The summed E-state index contributed by atoms with van der Waals surface area (Å²) in [5, 5.41) is 0.821. The Balaban J connectivity index is 1.98. The first kappa shape index (κ1) is 13.6. The van der Waals surface area contributed by atoms with Crippen LogP contribution in [0.25, 0.3) is 0 Å². The van der Waals surface area contributed by atoms with Gasteiger partial charge in [0, 0.05) is 9.61 Å². The molecule has 0 bridgehead atoms. The summed E-state index contributed by atoms with van der Waals surface area (Å²) in [5.74, 6) is 0.816. The van der Waals surface area contributed by atoms with Crippen molar-refractivity contribution in [2.45, 2.75) is 44.6 Å². The van der Waals surface area contributed by atoms with Gasteiger partial charge in [-0.25, -0.2) is 0 Å². The largest absolute Gasteiger partial charge is 0.324 e. The van der Waals surface area contributed by atoms with Gasteiger partial charge in [-0.1, -0.05) is 49.8 Å². The van der Waals surface area contributed by atoms with Crippen molar-refractivity contribution < 1.29 is 0 Å². The molecule has 2 N–H and O–H groups in total. The van der Waals surface area contributed by atoms with E-state index in [9.17, 15) is 0 Å². The molecule has 0 radical (unpaired) electrons. The fraction of sp³-hybridized carbons (Fsp3) is 0.571. The first-order valence-corrected chi connectivity index (χ1v) is 7.83. The molecule has 0 aliphatic heterocycles. The fourth-order valence-corrected chi connectivity index (χ4v) is 3.19. The van der Waals surface area contributed by atoms with Gasteiger partial charge in [-0.05, 0) is 52.6 Å². The van der Waals surface area contributed by atoms with Crippen molar-refractivity contribution in [1.82, 2.24) is 0 Å². The molecule has 0 spiro atoms. The van der Waals surface area contributed by atoms with E-state index in [-0.39, 0.29) is 6.04 Å². The zero-order chi connectivity index (χ0) is 12.3. The Morgan fingerprint density at radius 1 is 1.29 bits per heavy atom. The summed E-state index contributed by atoms with van der Waals surface area (Å²) in [5.41, 5.74) is 7.47. The molecule has 17 heavy (non-hydrogen) atoms.